The van der Waals surface area contributed by atoms with E-state index in [0.29, 0.717) is 0 Å². The largest absolute Gasteiger partial charge is 0.396 e. The third-order valence-electron chi connectivity index (χ3n) is 2.91. The second-order valence-electron chi connectivity index (χ2n) is 4.15. The summed E-state index contributed by atoms with van der Waals surface area (Å²) in [5, 5.41) is 17.5. The SMILES string of the molecule is N#Cc1cc(F)c(N2CC(CO)CC2=O)cc1F. The van der Waals surface area contributed by atoms with E-state index in [0.717, 1.165) is 17.0 Å². The van der Waals surface area contributed by atoms with Crippen molar-refractivity contribution in [1.82, 2.24) is 0 Å². The monoisotopic (exact) mass is 252 g/mol. The molecule has 1 aliphatic heterocycles. The molecule has 0 aromatic heterocycles. The summed E-state index contributed by atoms with van der Waals surface area (Å²) in [6, 6.07) is 3.13. The first kappa shape index (κ1) is 12.5. The Morgan fingerprint density at radius 2 is 2.17 bits per heavy atom. The lowest BCUT2D eigenvalue weighted by Crippen LogP contribution is -2.26. The van der Waals surface area contributed by atoms with E-state index in [1.54, 1.807) is 0 Å². The lowest BCUT2D eigenvalue weighted by Gasteiger charge is -2.17. The summed E-state index contributed by atoms with van der Waals surface area (Å²) in [5.41, 5.74) is -0.589. The highest BCUT2D eigenvalue weighted by Crippen LogP contribution is 2.29. The summed E-state index contributed by atoms with van der Waals surface area (Å²) in [4.78, 5) is 12.7. The van der Waals surface area contributed by atoms with Gasteiger partial charge in [0.15, 0.2) is 0 Å². The summed E-state index contributed by atoms with van der Waals surface area (Å²) in [7, 11) is 0. The van der Waals surface area contributed by atoms with E-state index in [2.05, 4.69) is 0 Å². The fourth-order valence-corrected chi connectivity index (χ4v) is 1.97. The molecule has 1 amide bonds. The van der Waals surface area contributed by atoms with Crippen molar-refractivity contribution in [3.8, 4) is 6.07 Å². The molecule has 1 saturated heterocycles. The Bertz CT molecular complexity index is 540. The molecule has 1 aromatic rings. The van der Waals surface area contributed by atoms with Gasteiger partial charge in [0.1, 0.15) is 17.7 Å². The number of nitrogens with zero attached hydrogens (tertiary/aromatic N) is 2. The first-order valence-corrected chi connectivity index (χ1v) is 5.37. The van der Waals surface area contributed by atoms with Gasteiger partial charge < -0.3 is 10.0 Å². The van der Waals surface area contributed by atoms with Crippen molar-refractivity contribution in [2.45, 2.75) is 6.42 Å². The van der Waals surface area contributed by atoms with E-state index in [-0.39, 0.29) is 37.1 Å². The van der Waals surface area contributed by atoms with Gasteiger partial charge in [0, 0.05) is 31.6 Å². The fourth-order valence-electron chi connectivity index (χ4n) is 1.97. The van der Waals surface area contributed by atoms with Crippen molar-refractivity contribution >= 4 is 11.6 Å². The van der Waals surface area contributed by atoms with Crippen molar-refractivity contribution in [1.29, 1.82) is 5.26 Å². The van der Waals surface area contributed by atoms with Gasteiger partial charge in [0.2, 0.25) is 5.91 Å². The minimum atomic E-state index is -0.867. The molecule has 18 heavy (non-hydrogen) atoms. The van der Waals surface area contributed by atoms with Crippen LogP contribution in [0.2, 0.25) is 0 Å². The maximum atomic E-state index is 13.7. The average Bonchev–Trinajstić information content (AvgIpc) is 2.73. The topological polar surface area (TPSA) is 64.3 Å². The van der Waals surface area contributed by atoms with Gasteiger partial charge in [-0.05, 0) is 6.07 Å². The van der Waals surface area contributed by atoms with Crippen LogP contribution >= 0.6 is 0 Å². The lowest BCUT2D eigenvalue weighted by molar-refractivity contribution is -0.117. The van der Waals surface area contributed by atoms with Gasteiger partial charge in [0.25, 0.3) is 0 Å². The predicted molar refractivity (Wildman–Crippen MR) is 58.6 cm³/mol. The molecule has 1 N–H and O–H groups in total. The van der Waals surface area contributed by atoms with Gasteiger partial charge in [-0.15, -0.1) is 0 Å². The molecule has 1 aromatic carbocycles. The van der Waals surface area contributed by atoms with Gasteiger partial charge in [-0.3, -0.25) is 4.79 Å². The number of anilines is 1. The van der Waals surface area contributed by atoms with Gasteiger partial charge in [0.05, 0.1) is 11.3 Å². The molecule has 4 nitrogen and oxygen atoms in total. The number of amides is 1. The van der Waals surface area contributed by atoms with Crippen LogP contribution < -0.4 is 4.90 Å². The highest BCUT2D eigenvalue weighted by molar-refractivity contribution is 5.95. The molecular formula is C12H10F2N2O2. The minimum Gasteiger partial charge on any atom is -0.396 e. The molecule has 1 aliphatic rings. The molecule has 2 rings (SSSR count). The number of halogens is 2. The Balaban J connectivity index is 2.38. The highest BCUT2D eigenvalue weighted by atomic mass is 19.1. The quantitative estimate of drug-likeness (QED) is 0.859. The maximum absolute atomic E-state index is 13.7. The Kier molecular flexibility index (Phi) is 3.26. The first-order valence-electron chi connectivity index (χ1n) is 5.37. The highest BCUT2D eigenvalue weighted by Gasteiger charge is 2.32. The third-order valence-corrected chi connectivity index (χ3v) is 2.91. The average molecular weight is 252 g/mol. The molecule has 0 aliphatic carbocycles. The summed E-state index contributed by atoms with van der Waals surface area (Å²) >= 11 is 0. The Hall–Kier alpha value is -2.00. The molecule has 0 bridgehead atoms. The minimum absolute atomic E-state index is 0.109. The van der Waals surface area contributed by atoms with Gasteiger partial charge in [-0.2, -0.15) is 5.26 Å². The summed E-state index contributed by atoms with van der Waals surface area (Å²) in [5.74, 6) is -2.32. The number of aliphatic hydroxyl groups excluding tert-OH is 1. The predicted octanol–water partition coefficient (Wildman–Crippen LogP) is 1.18. The van der Waals surface area contributed by atoms with Crippen molar-refractivity contribution in [3.63, 3.8) is 0 Å². The Labute approximate surface area is 102 Å². The van der Waals surface area contributed by atoms with Crippen LogP contribution in [0, 0.1) is 28.9 Å². The van der Waals surface area contributed by atoms with E-state index in [9.17, 15) is 13.6 Å². The summed E-state index contributed by atoms with van der Waals surface area (Å²) in [6.07, 6.45) is 0.109. The van der Waals surface area contributed by atoms with Crippen LogP contribution in [0.25, 0.3) is 0 Å². The van der Waals surface area contributed by atoms with Crippen LogP contribution in [-0.4, -0.2) is 24.2 Å². The van der Waals surface area contributed by atoms with Gasteiger partial charge in [-0.25, -0.2) is 8.78 Å². The third kappa shape index (κ3) is 2.05. The molecule has 1 unspecified atom stereocenters. The number of carbonyl (C=O) groups is 1. The standard InChI is InChI=1S/C12H10F2N2O2/c13-9-3-11(10(14)2-8(9)4-15)16-5-7(6-17)1-12(16)18/h2-3,7,17H,1,5-6H2. The number of nitriles is 1. The van der Waals surface area contributed by atoms with Crippen molar-refractivity contribution in [2.75, 3.05) is 18.1 Å². The van der Waals surface area contributed by atoms with E-state index in [1.807, 2.05) is 0 Å². The van der Waals surface area contributed by atoms with E-state index in [4.69, 9.17) is 10.4 Å². The van der Waals surface area contributed by atoms with Crippen LogP contribution in [0.3, 0.4) is 0 Å². The maximum Gasteiger partial charge on any atom is 0.227 e. The number of aliphatic hydroxyl groups is 1. The number of hydrogen-bond acceptors (Lipinski definition) is 3. The van der Waals surface area contributed by atoms with Crippen molar-refractivity contribution in [3.05, 3.63) is 29.3 Å². The van der Waals surface area contributed by atoms with Crippen LogP contribution in [0.4, 0.5) is 14.5 Å². The van der Waals surface area contributed by atoms with Crippen LogP contribution in [0.15, 0.2) is 12.1 Å². The van der Waals surface area contributed by atoms with E-state index < -0.39 is 17.2 Å². The van der Waals surface area contributed by atoms with Gasteiger partial charge in [-0.1, -0.05) is 0 Å². The molecule has 94 valence electrons. The molecule has 1 fully saturated rings. The number of hydrogen-bond donors (Lipinski definition) is 1. The molecule has 0 radical (unpaired) electrons. The number of benzene rings is 1. The second-order valence-corrected chi connectivity index (χ2v) is 4.15. The number of rotatable bonds is 2. The summed E-state index contributed by atoms with van der Waals surface area (Å²) in [6.45, 7) is -0.0276. The zero-order valence-electron chi connectivity index (χ0n) is 9.36. The van der Waals surface area contributed by atoms with Crippen LogP contribution in [0.1, 0.15) is 12.0 Å². The fraction of sp³-hybridized carbons (Fsp3) is 0.333. The van der Waals surface area contributed by atoms with Crippen LogP contribution in [-0.2, 0) is 4.79 Å². The normalized spacial score (nSPS) is 19.1. The summed E-state index contributed by atoms with van der Waals surface area (Å²) < 4.78 is 27.1. The van der Waals surface area contributed by atoms with Crippen molar-refractivity contribution < 1.29 is 18.7 Å². The molecule has 1 atom stereocenters. The molecule has 0 spiro atoms. The Morgan fingerprint density at radius 3 is 2.72 bits per heavy atom. The molecular weight excluding hydrogens is 242 g/mol. The smallest absolute Gasteiger partial charge is 0.227 e. The Morgan fingerprint density at radius 1 is 1.44 bits per heavy atom. The van der Waals surface area contributed by atoms with E-state index >= 15 is 0 Å². The molecule has 6 heteroatoms. The number of carbonyl (C=O) groups excluding carboxylic acids is 1. The molecule has 1 heterocycles. The lowest BCUT2D eigenvalue weighted by atomic mass is 10.1. The second kappa shape index (κ2) is 4.70. The zero-order chi connectivity index (χ0) is 13.3. The zero-order valence-corrected chi connectivity index (χ0v) is 9.36. The van der Waals surface area contributed by atoms with Crippen LogP contribution in [0.5, 0.6) is 0 Å². The van der Waals surface area contributed by atoms with E-state index in [1.165, 1.54) is 6.07 Å². The first-order chi connectivity index (χ1) is 8.56. The van der Waals surface area contributed by atoms with Gasteiger partial charge >= 0.3 is 0 Å². The van der Waals surface area contributed by atoms with Crippen molar-refractivity contribution in [2.24, 2.45) is 5.92 Å². The molecule has 0 saturated carbocycles.